The van der Waals surface area contributed by atoms with E-state index in [1.807, 2.05) is 6.92 Å². The number of alkyl halides is 3. The zero-order valence-electron chi connectivity index (χ0n) is 17.8. The van der Waals surface area contributed by atoms with E-state index in [0.29, 0.717) is 34.2 Å². The summed E-state index contributed by atoms with van der Waals surface area (Å²) in [6.45, 7) is 3.73. The van der Waals surface area contributed by atoms with E-state index in [1.54, 1.807) is 17.8 Å². The number of amides is 2. The number of hydrogen-bond acceptors (Lipinski definition) is 6. The molecule has 0 radical (unpaired) electrons. The molecule has 9 nitrogen and oxygen atoms in total. The zero-order chi connectivity index (χ0) is 24.8. The molecule has 0 aliphatic heterocycles. The lowest BCUT2D eigenvalue weighted by Crippen LogP contribution is -2.21. The van der Waals surface area contributed by atoms with Crippen molar-refractivity contribution in [1.82, 2.24) is 24.5 Å². The van der Waals surface area contributed by atoms with Crippen molar-refractivity contribution < 1.29 is 22.8 Å². The van der Waals surface area contributed by atoms with Crippen molar-refractivity contribution in [1.29, 1.82) is 0 Å². The highest BCUT2D eigenvalue weighted by molar-refractivity contribution is 7.21. The van der Waals surface area contributed by atoms with Crippen molar-refractivity contribution in [3.8, 4) is 11.1 Å². The van der Waals surface area contributed by atoms with Crippen LogP contribution in [0.5, 0.6) is 0 Å². The highest BCUT2D eigenvalue weighted by Crippen LogP contribution is 2.44. The number of aryl methyl sites for hydroxylation is 2. The van der Waals surface area contributed by atoms with Crippen molar-refractivity contribution in [3.63, 3.8) is 0 Å². The van der Waals surface area contributed by atoms with Crippen molar-refractivity contribution in [2.45, 2.75) is 33.1 Å². The van der Waals surface area contributed by atoms with Gasteiger partial charge in [-0.05, 0) is 25.5 Å². The second-order valence-electron chi connectivity index (χ2n) is 7.29. The first-order valence-corrected chi connectivity index (χ1v) is 11.0. The number of nitrogens with zero attached hydrogens (tertiary/aromatic N) is 5. The summed E-state index contributed by atoms with van der Waals surface area (Å²) < 4.78 is 43.8. The number of nitrogens with two attached hydrogens (primary N) is 1. The van der Waals surface area contributed by atoms with Crippen LogP contribution >= 0.6 is 22.9 Å². The number of halogens is 4. The molecule has 0 unspecified atom stereocenters. The second-order valence-corrected chi connectivity index (χ2v) is 8.73. The molecule has 4 rings (SSSR count). The fourth-order valence-electron chi connectivity index (χ4n) is 3.44. The summed E-state index contributed by atoms with van der Waals surface area (Å²) >= 11 is 6.49. The molecule has 4 aromatic heterocycles. The molecule has 0 aromatic carbocycles. The van der Waals surface area contributed by atoms with Crippen LogP contribution in [-0.2, 0) is 24.1 Å². The van der Waals surface area contributed by atoms with E-state index in [2.05, 4.69) is 20.5 Å². The molecular weight excluding hydrogens is 495 g/mol. The molecule has 0 saturated carbocycles. The molecule has 178 valence electrons. The zero-order valence-corrected chi connectivity index (χ0v) is 19.3. The topological polar surface area (TPSA) is 121 Å². The number of aromatic nitrogens is 5. The normalized spacial score (nSPS) is 11.8. The first-order chi connectivity index (χ1) is 16.0. The lowest BCUT2D eigenvalue weighted by molar-refractivity contribution is -0.140. The number of hydrogen-bond donors (Lipinski definition) is 2. The van der Waals surface area contributed by atoms with E-state index >= 15 is 0 Å². The van der Waals surface area contributed by atoms with Crippen LogP contribution in [0.25, 0.3) is 21.3 Å². The Morgan fingerprint density at radius 3 is 2.53 bits per heavy atom. The van der Waals surface area contributed by atoms with Gasteiger partial charge in [0.1, 0.15) is 21.9 Å². The average Bonchev–Trinajstić information content (AvgIpc) is 3.43. The summed E-state index contributed by atoms with van der Waals surface area (Å²) in [6, 6.07) is 0.882. The summed E-state index contributed by atoms with van der Waals surface area (Å²) in [5, 5.41) is 11.3. The molecule has 0 spiro atoms. The number of thiophene rings is 1. The Hall–Kier alpha value is -3.45. The van der Waals surface area contributed by atoms with Crippen LogP contribution in [0.4, 0.5) is 18.9 Å². The van der Waals surface area contributed by atoms with Gasteiger partial charge in [0.15, 0.2) is 0 Å². The van der Waals surface area contributed by atoms with E-state index < -0.39 is 23.7 Å². The number of carbonyl (C=O) groups is 2. The summed E-state index contributed by atoms with van der Waals surface area (Å²) in [5.41, 5.74) is 5.34. The molecule has 0 atom stereocenters. The summed E-state index contributed by atoms with van der Waals surface area (Å²) in [5.74, 6) is -1.50. The van der Waals surface area contributed by atoms with Crippen molar-refractivity contribution in [2.75, 3.05) is 5.32 Å². The lowest BCUT2D eigenvalue weighted by Gasteiger charge is -2.12. The number of rotatable bonds is 6. The molecule has 34 heavy (non-hydrogen) atoms. The SMILES string of the molecule is CCn1cc(-c2cc(C(F)(F)F)nc3sc(C(N)=O)c(NC(=O)Cn4cc(Cl)cn4)c23)c(C)n1. The van der Waals surface area contributed by atoms with E-state index in [1.165, 1.54) is 17.1 Å². The minimum atomic E-state index is -4.74. The Morgan fingerprint density at radius 1 is 1.24 bits per heavy atom. The highest BCUT2D eigenvalue weighted by atomic mass is 35.5. The maximum Gasteiger partial charge on any atom is 0.433 e. The molecular formula is C20H17ClF3N7O2S. The van der Waals surface area contributed by atoms with Crippen LogP contribution in [0.15, 0.2) is 24.7 Å². The van der Waals surface area contributed by atoms with Gasteiger partial charge in [0.05, 0.1) is 22.6 Å². The maximum atomic E-state index is 13.6. The van der Waals surface area contributed by atoms with Gasteiger partial charge >= 0.3 is 6.18 Å². The van der Waals surface area contributed by atoms with Crippen LogP contribution in [-0.4, -0.2) is 36.4 Å². The van der Waals surface area contributed by atoms with Gasteiger partial charge in [-0.3, -0.25) is 19.0 Å². The fraction of sp³-hybridized carbons (Fsp3) is 0.250. The summed E-state index contributed by atoms with van der Waals surface area (Å²) in [7, 11) is 0. The Morgan fingerprint density at radius 2 is 1.97 bits per heavy atom. The van der Waals surface area contributed by atoms with E-state index in [9.17, 15) is 22.8 Å². The summed E-state index contributed by atoms with van der Waals surface area (Å²) in [6.07, 6.45) is -0.369. The van der Waals surface area contributed by atoms with Gasteiger partial charge < -0.3 is 11.1 Å². The minimum absolute atomic E-state index is 0.0179. The number of anilines is 1. The predicted octanol–water partition coefficient (Wildman–Crippen LogP) is 4.09. The molecule has 4 aromatic rings. The third kappa shape index (κ3) is 4.48. The number of primary amides is 1. The van der Waals surface area contributed by atoms with Gasteiger partial charge in [0.25, 0.3) is 5.91 Å². The summed E-state index contributed by atoms with van der Waals surface area (Å²) in [4.78, 5) is 28.4. The Balaban J connectivity index is 1.93. The fourth-order valence-corrected chi connectivity index (χ4v) is 4.61. The number of pyridine rings is 1. The van der Waals surface area contributed by atoms with Crippen LogP contribution in [0, 0.1) is 6.92 Å². The molecule has 0 saturated heterocycles. The Labute approximate surface area is 199 Å². The molecule has 0 bridgehead atoms. The number of carbonyl (C=O) groups excluding carboxylic acids is 2. The minimum Gasteiger partial charge on any atom is -0.365 e. The van der Waals surface area contributed by atoms with E-state index in [0.717, 1.165) is 6.07 Å². The van der Waals surface area contributed by atoms with Gasteiger partial charge in [0, 0.05) is 29.9 Å². The standard InChI is InChI=1S/C20H17ClF3N7O2S/c1-3-30-7-12(9(2)29-30)11-4-13(20(22,23)24)27-19-15(11)16(17(34-19)18(25)33)28-14(32)8-31-6-10(21)5-26-31/h4-7H,3,8H2,1-2H3,(H2,25,33)(H,28,32). The maximum absolute atomic E-state index is 13.6. The molecule has 0 fully saturated rings. The quantitative estimate of drug-likeness (QED) is 0.404. The van der Waals surface area contributed by atoms with E-state index in [4.69, 9.17) is 17.3 Å². The van der Waals surface area contributed by atoms with Gasteiger partial charge in [-0.25, -0.2) is 4.98 Å². The lowest BCUT2D eigenvalue weighted by atomic mass is 10.0. The molecule has 3 N–H and O–H groups in total. The van der Waals surface area contributed by atoms with E-state index in [-0.39, 0.29) is 32.9 Å². The largest absolute Gasteiger partial charge is 0.433 e. The smallest absolute Gasteiger partial charge is 0.365 e. The predicted molar refractivity (Wildman–Crippen MR) is 121 cm³/mol. The molecule has 2 amide bonds. The Bertz CT molecular complexity index is 1420. The van der Waals surface area contributed by atoms with Crippen LogP contribution in [0.2, 0.25) is 5.02 Å². The van der Waals surface area contributed by atoms with Crippen LogP contribution in [0.1, 0.15) is 28.0 Å². The monoisotopic (exact) mass is 511 g/mol. The molecule has 4 heterocycles. The molecule has 0 aliphatic rings. The van der Waals surface area contributed by atoms with Gasteiger partial charge in [-0.2, -0.15) is 23.4 Å². The van der Waals surface area contributed by atoms with Crippen molar-refractivity contribution >= 4 is 50.7 Å². The van der Waals surface area contributed by atoms with Crippen molar-refractivity contribution in [2.24, 2.45) is 5.73 Å². The van der Waals surface area contributed by atoms with Crippen molar-refractivity contribution in [3.05, 3.63) is 45.9 Å². The number of nitrogens with one attached hydrogen (secondary N) is 1. The number of fused-ring (bicyclic) bond motifs is 1. The Kier molecular flexibility index (Phi) is 6.08. The van der Waals surface area contributed by atoms with Gasteiger partial charge in [-0.1, -0.05) is 11.6 Å². The molecule has 0 aliphatic carbocycles. The first kappa shape index (κ1) is 23.7. The van der Waals surface area contributed by atoms with Crippen LogP contribution < -0.4 is 11.1 Å². The third-order valence-corrected chi connectivity index (χ3v) is 6.20. The highest BCUT2D eigenvalue weighted by Gasteiger charge is 2.35. The van der Waals surface area contributed by atoms with Crippen LogP contribution in [0.3, 0.4) is 0 Å². The second kappa shape index (κ2) is 8.72. The van der Waals surface area contributed by atoms with Gasteiger partial charge in [-0.15, -0.1) is 11.3 Å². The van der Waals surface area contributed by atoms with Gasteiger partial charge in [0.2, 0.25) is 5.91 Å². The first-order valence-electron chi connectivity index (χ1n) is 9.84. The third-order valence-electron chi connectivity index (χ3n) is 4.91. The average molecular weight is 512 g/mol. The molecule has 14 heteroatoms.